The van der Waals surface area contributed by atoms with Crippen LogP contribution in [0.15, 0.2) is 128 Å². The van der Waals surface area contributed by atoms with Crippen LogP contribution in [-0.2, 0) is 22.6 Å². The number of hydrogen-bond donors (Lipinski definition) is 0. The summed E-state index contributed by atoms with van der Waals surface area (Å²) in [6.07, 6.45) is 7.22. The number of ether oxygens (including phenoxy) is 6. The van der Waals surface area contributed by atoms with Gasteiger partial charge in [-0.1, -0.05) is 30.3 Å². The van der Waals surface area contributed by atoms with Crippen LogP contribution in [-0.4, -0.2) is 115 Å². The molecule has 82 heavy (non-hydrogen) atoms. The number of pyridine rings is 2. The Hall–Kier alpha value is -9.06. The van der Waals surface area contributed by atoms with Gasteiger partial charge in [0.1, 0.15) is 51.4 Å². The Bertz CT molecular complexity index is 3610. The molecule has 1 fully saturated rings. The number of carbonyl (C=O) groups is 4. The maximum atomic E-state index is 12.9. The fourth-order valence-corrected chi connectivity index (χ4v) is 9.74. The number of likely N-dealkylation sites (tertiary alicyclic amines) is 1. The highest BCUT2D eigenvalue weighted by atomic mass is 16.6. The lowest BCUT2D eigenvalue weighted by Crippen LogP contribution is -2.42. The van der Waals surface area contributed by atoms with Crippen LogP contribution in [0, 0.1) is 0 Å². The number of ketones is 2. The van der Waals surface area contributed by atoms with Crippen LogP contribution in [0.25, 0.3) is 27.6 Å². The molecule has 0 aliphatic carbocycles. The number of piperidine rings is 1. The van der Waals surface area contributed by atoms with Gasteiger partial charge in [0.15, 0.2) is 22.9 Å². The molecule has 1 saturated heterocycles. The minimum atomic E-state index is -0.589. The van der Waals surface area contributed by atoms with Crippen LogP contribution in [0.3, 0.4) is 0 Å². The van der Waals surface area contributed by atoms with Crippen molar-refractivity contribution in [3.8, 4) is 34.5 Å². The number of Topliss-reactive ketones (excluding diaryl/α,β-unsaturated/α-hetero) is 2. The van der Waals surface area contributed by atoms with E-state index >= 15 is 0 Å². The lowest BCUT2D eigenvalue weighted by Gasteiger charge is -2.33. The van der Waals surface area contributed by atoms with Crippen molar-refractivity contribution in [1.29, 1.82) is 0 Å². The van der Waals surface area contributed by atoms with Gasteiger partial charge < -0.3 is 38.2 Å². The molecule has 4 aromatic carbocycles. The predicted molar refractivity (Wildman–Crippen MR) is 312 cm³/mol. The van der Waals surface area contributed by atoms with Crippen LogP contribution in [0.4, 0.5) is 9.59 Å². The summed E-state index contributed by atoms with van der Waals surface area (Å²) in [6, 6.07) is 33.4. The molecule has 2 aliphatic heterocycles. The van der Waals surface area contributed by atoms with Gasteiger partial charge in [0.05, 0.1) is 50.3 Å². The van der Waals surface area contributed by atoms with Crippen LogP contribution >= 0.6 is 0 Å². The molecule has 8 aromatic rings. The summed E-state index contributed by atoms with van der Waals surface area (Å²) in [5.74, 6) is 3.92. The Morgan fingerprint density at radius 3 is 1.51 bits per heavy atom. The fourth-order valence-electron chi connectivity index (χ4n) is 9.74. The molecule has 0 saturated carbocycles. The van der Waals surface area contributed by atoms with E-state index in [0.29, 0.717) is 96.8 Å². The third kappa shape index (κ3) is 14.1. The van der Waals surface area contributed by atoms with E-state index in [4.69, 9.17) is 43.6 Å². The summed E-state index contributed by atoms with van der Waals surface area (Å²) < 4.78 is 38.4. The van der Waals surface area contributed by atoms with Gasteiger partial charge in [-0.2, -0.15) is 10.2 Å². The molecule has 2 amide bonds. The zero-order chi connectivity index (χ0) is 58.3. The van der Waals surface area contributed by atoms with Gasteiger partial charge in [-0.05, 0) is 176 Å². The molecule has 6 heterocycles. The zero-order valence-corrected chi connectivity index (χ0v) is 48.2. The van der Waals surface area contributed by atoms with Crippen LogP contribution in [0.5, 0.6) is 34.5 Å². The average Bonchev–Trinajstić information content (AvgIpc) is 4.26. The summed E-state index contributed by atoms with van der Waals surface area (Å²) in [4.78, 5) is 62.2. The summed E-state index contributed by atoms with van der Waals surface area (Å²) in [5, 5.41) is 11.6. The number of rotatable bonds is 14. The lowest BCUT2D eigenvalue weighted by molar-refractivity contribution is 0.0196. The molecule has 0 bridgehead atoms. The van der Waals surface area contributed by atoms with Crippen molar-refractivity contribution in [3.05, 3.63) is 161 Å². The van der Waals surface area contributed by atoms with Gasteiger partial charge in [-0.15, -0.1) is 0 Å². The molecular formula is C64H70N8O10. The van der Waals surface area contributed by atoms with Crippen molar-refractivity contribution in [2.75, 3.05) is 40.4 Å². The second-order valence-electron chi connectivity index (χ2n) is 22.3. The van der Waals surface area contributed by atoms with Gasteiger partial charge in [-0.3, -0.25) is 9.59 Å². The number of nitrogens with zero attached hydrogens (tertiary/aromatic N) is 8. The largest absolute Gasteiger partial charge is 0.497 e. The summed E-state index contributed by atoms with van der Waals surface area (Å²) in [5.41, 5.74) is 5.94. The summed E-state index contributed by atoms with van der Waals surface area (Å²) in [7, 11) is 3.28. The molecule has 18 heteroatoms. The molecular weight excluding hydrogens is 1040 g/mol. The van der Waals surface area contributed by atoms with Crippen molar-refractivity contribution >= 4 is 51.4 Å². The molecule has 0 N–H and O–H groups in total. The maximum Gasteiger partial charge on any atom is 0.410 e. The highest BCUT2D eigenvalue weighted by Gasteiger charge is 2.33. The van der Waals surface area contributed by atoms with Crippen LogP contribution < -0.4 is 18.9 Å². The van der Waals surface area contributed by atoms with Gasteiger partial charge in [0, 0.05) is 49.1 Å². The molecule has 18 nitrogen and oxygen atoms in total. The number of carbonyl (C=O) groups excluding carboxylic acids is 4. The minimum Gasteiger partial charge on any atom is -0.497 e. The summed E-state index contributed by atoms with van der Waals surface area (Å²) >= 11 is 0. The third-order valence-corrected chi connectivity index (χ3v) is 13.7. The SMILES string of the molecule is COc1ccc(Cn2nc(C3=CCCN(C(=O)OC(C)(C)C)C3)c3c(Oc4ccc(C(C)=O)cc4)ccnc32)cc1.COc1ccc(Cn2nc(C3CCCN(C(=O)OC(C)(C)C)C3)c3c(Oc4ccc(C(C)=O)cc4)ccnc32)cc1. The monoisotopic (exact) mass is 1110 g/mol. The van der Waals surface area contributed by atoms with Gasteiger partial charge in [-0.25, -0.2) is 28.9 Å². The van der Waals surface area contributed by atoms with E-state index in [-0.39, 0.29) is 29.7 Å². The minimum absolute atomic E-state index is 0.00298. The van der Waals surface area contributed by atoms with Crippen molar-refractivity contribution in [1.82, 2.24) is 39.3 Å². The Morgan fingerprint density at radius 2 is 1.02 bits per heavy atom. The Balaban J connectivity index is 0.000000198. The second kappa shape index (κ2) is 24.8. The average molecular weight is 1110 g/mol. The van der Waals surface area contributed by atoms with E-state index in [2.05, 4.69) is 11.1 Å². The van der Waals surface area contributed by atoms with Crippen molar-refractivity contribution in [2.45, 2.75) is 105 Å². The second-order valence-corrected chi connectivity index (χ2v) is 22.3. The van der Waals surface area contributed by atoms with Gasteiger partial charge >= 0.3 is 12.2 Å². The number of methoxy groups -OCH3 is 2. The van der Waals surface area contributed by atoms with Crippen molar-refractivity contribution in [3.63, 3.8) is 0 Å². The maximum absolute atomic E-state index is 12.9. The molecule has 0 spiro atoms. The third-order valence-electron chi connectivity index (χ3n) is 13.7. The van der Waals surface area contributed by atoms with Crippen molar-refractivity contribution < 1.29 is 47.6 Å². The molecule has 426 valence electrons. The number of benzene rings is 4. The number of fused-ring (bicyclic) bond motifs is 2. The standard InChI is InChI=1S/C32H36N4O5.C32H34N4O5/c2*1-21(37)23-10-14-26(15-11-23)40-27-16-17-33-30-28(27)29(34-36(30)19-22-8-12-25(39-5)13-9-22)24-7-6-18-35(20-24)31(38)41-32(2,3)4/h8-17,24H,6-7,18-20H2,1-5H3;7-17H,6,18-20H2,1-5H3. The first-order valence-corrected chi connectivity index (χ1v) is 27.4. The van der Waals surface area contributed by atoms with E-state index < -0.39 is 11.2 Å². The van der Waals surface area contributed by atoms with E-state index in [0.717, 1.165) is 57.5 Å². The zero-order valence-electron chi connectivity index (χ0n) is 48.2. The molecule has 0 radical (unpaired) electrons. The number of aromatic nitrogens is 6. The fraction of sp³-hybridized carbons (Fsp3) is 0.344. The van der Waals surface area contributed by atoms with Gasteiger partial charge in [0.25, 0.3) is 0 Å². The Morgan fingerprint density at radius 1 is 0.561 bits per heavy atom. The smallest absolute Gasteiger partial charge is 0.410 e. The molecule has 1 atom stereocenters. The topological polar surface area (TPSA) is 192 Å². The van der Waals surface area contributed by atoms with E-state index in [1.807, 2.05) is 106 Å². The van der Waals surface area contributed by atoms with E-state index in [9.17, 15) is 19.2 Å². The number of hydrogen-bond acceptors (Lipinski definition) is 14. The molecule has 10 rings (SSSR count). The Labute approximate surface area is 477 Å². The van der Waals surface area contributed by atoms with Crippen LogP contribution in [0.2, 0.25) is 0 Å². The molecule has 1 unspecified atom stereocenters. The molecule has 2 aliphatic rings. The highest BCUT2D eigenvalue weighted by Crippen LogP contribution is 2.40. The lowest BCUT2D eigenvalue weighted by atomic mass is 9.93. The summed E-state index contributed by atoms with van der Waals surface area (Å²) in [6.45, 7) is 17.3. The first-order chi connectivity index (χ1) is 39.2. The highest BCUT2D eigenvalue weighted by molar-refractivity contribution is 5.96. The van der Waals surface area contributed by atoms with Gasteiger partial charge in [0.2, 0.25) is 0 Å². The van der Waals surface area contributed by atoms with E-state index in [1.165, 1.54) is 13.8 Å². The van der Waals surface area contributed by atoms with Crippen LogP contribution in [0.1, 0.15) is 124 Å². The Kier molecular flexibility index (Phi) is 17.4. The first-order valence-electron chi connectivity index (χ1n) is 27.4. The normalized spacial score (nSPS) is 14.6. The molecule has 4 aromatic heterocycles. The first kappa shape index (κ1) is 57.6. The quantitative estimate of drug-likeness (QED) is 0.0934. The predicted octanol–water partition coefficient (Wildman–Crippen LogP) is 13.1. The van der Waals surface area contributed by atoms with E-state index in [1.54, 1.807) is 91.0 Å². The number of amides is 2. The van der Waals surface area contributed by atoms with Crippen molar-refractivity contribution in [2.24, 2.45) is 0 Å².